The van der Waals surface area contributed by atoms with Crippen LogP contribution in [0.5, 0.6) is 5.75 Å². The molecule has 0 radical (unpaired) electrons. The van der Waals surface area contributed by atoms with E-state index in [0.29, 0.717) is 43.9 Å². The summed E-state index contributed by atoms with van der Waals surface area (Å²) in [5, 5.41) is 5.67. The van der Waals surface area contributed by atoms with Gasteiger partial charge in [0, 0.05) is 43.6 Å². The molecule has 0 saturated carbocycles. The van der Waals surface area contributed by atoms with Gasteiger partial charge in [0.15, 0.2) is 17.4 Å². The number of carbonyl (C=O) groups excluding carboxylic acids is 2. The summed E-state index contributed by atoms with van der Waals surface area (Å²) in [4.78, 5) is 31.8. The summed E-state index contributed by atoms with van der Waals surface area (Å²) in [5.74, 6) is -3.15. The summed E-state index contributed by atoms with van der Waals surface area (Å²) in [6.45, 7) is 4.46. The first-order chi connectivity index (χ1) is 18.7. The minimum atomic E-state index is -1.12. The van der Waals surface area contributed by atoms with Crippen LogP contribution in [0.4, 0.5) is 14.5 Å². The monoisotopic (exact) mass is 543 g/mol. The van der Waals surface area contributed by atoms with Crippen LogP contribution in [0.1, 0.15) is 39.9 Å². The van der Waals surface area contributed by atoms with Crippen molar-refractivity contribution in [3.8, 4) is 17.0 Å². The molecule has 210 valence electrons. The molecule has 0 atom stereocenters. The molecule has 9 nitrogen and oxygen atoms in total. The minimum absolute atomic E-state index is 0.00768. The number of hydrogen-bond acceptors (Lipinski definition) is 6. The number of imidazole rings is 1. The van der Waals surface area contributed by atoms with E-state index < -0.39 is 17.5 Å². The fourth-order valence-corrected chi connectivity index (χ4v) is 3.95. The molecule has 1 heterocycles. The molecule has 3 rings (SSSR count). The Bertz CT molecular complexity index is 1310. The summed E-state index contributed by atoms with van der Waals surface area (Å²) in [6.07, 6.45) is 2.58. The van der Waals surface area contributed by atoms with Crippen LogP contribution in [0.25, 0.3) is 11.3 Å². The van der Waals surface area contributed by atoms with Crippen molar-refractivity contribution in [1.29, 1.82) is 0 Å². The first kappa shape index (κ1) is 29.7. The molecule has 0 bridgehead atoms. The number of rotatable bonds is 13. The van der Waals surface area contributed by atoms with E-state index in [0.717, 1.165) is 12.1 Å². The summed E-state index contributed by atoms with van der Waals surface area (Å²) >= 11 is 0. The lowest BCUT2D eigenvalue weighted by molar-refractivity contribution is 0.0933. The van der Waals surface area contributed by atoms with E-state index in [9.17, 15) is 18.4 Å². The summed E-state index contributed by atoms with van der Waals surface area (Å²) in [5.41, 5.74) is 1.95. The fraction of sp³-hybridized carbons (Fsp3) is 0.393. The highest BCUT2D eigenvalue weighted by Crippen LogP contribution is 2.30. The van der Waals surface area contributed by atoms with E-state index >= 15 is 0 Å². The highest BCUT2D eigenvalue weighted by Gasteiger charge is 2.21. The predicted octanol–water partition coefficient (Wildman–Crippen LogP) is 3.89. The zero-order chi connectivity index (χ0) is 28.5. The first-order valence-corrected chi connectivity index (χ1v) is 12.7. The number of hydrogen-bond donors (Lipinski definition) is 2. The van der Waals surface area contributed by atoms with Crippen LogP contribution in [0, 0.1) is 11.6 Å². The number of carbonyl (C=O) groups is 2. The molecule has 2 aromatic carbocycles. The van der Waals surface area contributed by atoms with E-state index in [2.05, 4.69) is 15.6 Å². The van der Waals surface area contributed by atoms with Crippen LogP contribution in [-0.2, 0) is 18.2 Å². The molecule has 0 spiro atoms. The number of methoxy groups -OCH3 is 1. The number of amides is 2. The van der Waals surface area contributed by atoms with Gasteiger partial charge in [-0.05, 0) is 62.8 Å². The van der Waals surface area contributed by atoms with E-state index in [1.165, 1.54) is 37.1 Å². The molecule has 39 heavy (non-hydrogen) atoms. The van der Waals surface area contributed by atoms with Crippen molar-refractivity contribution in [3.63, 3.8) is 0 Å². The van der Waals surface area contributed by atoms with Gasteiger partial charge >= 0.3 is 0 Å². The van der Waals surface area contributed by atoms with Gasteiger partial charge in [-0.15, -0.1) is 0 Å². The third kappa shape index (κ3) is 7.39. The Labute approximate surface area is 227 Å². The van der Waals surface area contributed by atoms with Crippen LogP contribution in [0.3, 0.4) is 0 Å². The first-order valence-electron chi connectivity index (χ1n) is 12.7. The van der Waals surface area contributed by atoms with Crippen molar-refractivity contribution in [3.05, 3.63) is 65.1 Å². The number of benzene rings is 2. The van der Waals surface area contributed by atoms with Gasteiger partial charge in [0.1, 0.15) is 0 Å². The van der Waals surface area contributed by atoms with Crippen LogP contribution in [0.2, 0.25) is 0 Å². The van der Waals surface area contributed by atoms with Gasteiger partial charge in [-0.1, -0.05) is 6.92 Å². The van der Waals surface area contributed by atoms with E-state index in [4.69, 9.17) is 9.47 Å². The van der Waals surface area contributed by atoms with Crippen molar-refractivity contribution in [2.24, 2.45) is 7.05 Å². The van der Waals surface area contributed by atoms with Gasteiger partial charge in [0.25, 0.3) is 11.8 Å². The second kappa shape index (κ2) is 13.8. The average molecular weight is 544 g/mol. The molecule has 2 amide bonds. The van der Waals surface area contributed by atoms with Gasteiger partial charge < -0.3 is 29.6 Å². The third-order valence-corrected chi connectivity index (χ3v) is 6.16. The van der Waals surface area contributed by atoms with Crippen molar-refractivity contribution < 1.29 is 27.8 Å². The fourth-order valence-electron chi connectivity index (χ4n) is 3.95. The molecule has 0 unspecified atom stereocenters. The molecule has 2 N–H and O–H groups in total. The highest BCUT2D eigenvalue weighted by atomic mass is 19.2. The molecular weight excluding hydrogens is 508 g/mol. The Balaban J connectivity index is 1.64. The molecule has 0 aliphatic rings. The number of likely N-dealkylation sites (N-methyl/N-ethyl adjacent to an activating group) is 1. The Morgan fingerprint density at radius 1 is 1.08 bits per heavy atom. The zero-order valence-electron chi connectivity index (χ0n) is 22.9. The topological polar surface area (TPSA) is 97.7 Å². The standard InChI is InChI=1S/C28H35F2N5O4/c1-6-18-16-19(8-9-20(18)27(36)31-12-7-14-39-15-13-34(2)3)33-28(37)26-32-17-22(35(26)4)21-10-11-23(38-5)25(30)24(21)29/h8-11,16-17H,6-7,12-15H2,1-5H3,(H,31,36)(H,33,37). The number of halogens is 2. The zero-order valence-corrected chi connectivity index (χ0v) is 22.9. The van der Waals surface area contributed by atoms with Crippen LogP contribution < -0.4 is 15.4 Å². The van der Waals surface area contributed by atoms with E-state index in [1.54, 1.807) is 18.2 Å². The molecule has 11 heteroatoms. The second-order valence-corrected chi connectivity index (χ2v) is 9.17. The Kier molecular flexibility index (Phi) is 10.5. The van der Waals surface area contributed by atoms with E-state index in [1.807, 2.05) is 25.9 Å². The molecule has 0 aliphatic heterocycles. The maximum absolute atomic E-state index is 14.6. The molecular formula is C28H35F2N5O4. The number of nitrogens with zero attached hydrogens (tertiary/aromatic N) is 3. The number of anilines is 1. The number of nitrogens with one attached hydrogen (secondary N) is 2. The summed E-state index contributed by atoms with van der Waals surface area (Å²) in [7, 11) is 6.75. The van der Waals surface area contributed by atoms with Crippen molar-refractivity contribution in [2.75, 3.05) is 52.8 Å². The maximum Gasteiger partial charge on any atom is 0.291 e. The SMILES string of the molecule is CCc1cc(NC(=O)c2ncc(-c3ccc(OC)c(F)c3F)n2C)ccc1C(=O)NCCCOCCN(C)C. The Hall–Kier alpha value is -3.83. The summed E-state index contributed by atoms with van der Waals surface area (Å²) in [6, 6.07) is 7.71. The van der Waals surface area contributed by atoms with Crippen LogP contribution >= 0.6 is 0 Å². The smallest absolute Gasteiger partial charge is 0.291 e. The van der Waals surface area contributed by atoms with Gasteiger partial charge in [-0.3, -0.25) is 9.59 Å². The van der Waals surface area contributed by atoms with Gasteiger partial charge in [-0.25, -0.2) is 9.37 Å². The summed E-state index contributed by atoms with van der Waals surface area (Å²) < 4.78 is 40.5. The lowest BCUT2D eigenvalue weighted by Gasteiger charge is -2.13. The van der Waals surface area contributed by atoms with Crippen molar-refractivity contribution in [2.45, 2.75) is 19.8 Å². The quantitative estimate of drug-likeness (QED) is 0.318. The van der Waals surface area contributed by atoms with Gasteiger partial charge in [0.2, 0.25) is 5.82 Å². The average Bonchev–Trinajstić information content (AvgIpc) is 3.30. The van der Waals surface area contributed by atoms with Crippen molar-refractivity contribution in [1.82, 2.24) is 19.8 Å². The molecule has 1 aromatic heterocycles. The largest absolute Gasteiger partial charge is 0.494 e. The second-order valence-electron chi connectivity index (χ2n) is 9.17. The minimum Gasteiger partial charge on any atom is -0.494 e. The van der Waals surface area contributed by atoms with Crippen LogP contribution in [0.15, 0.2) is 36.5 Å². The highest BCUT2D eigenvalue weighted by molar-refractivity contribution is 6.03. The predicted molar refractivity (Wildman–Crippen MR) is 145 cm³/mol. The lowest BCUT2D eigenvalue weighted by atomic mass is 10.0. The molecule has 0 fully saturated rings. The number of aryl methyl sites for hydroxylation is 1. The maximum atomic E-state index is 14.6. The lowest BCUT2D eigenvalue weighted by Crippen LogP contribution is -2.27. The molecule has 0 aliphatic carbocycles. The Morgan fingerprint density at radius 3 is 2.54 bits per heavy atom. The molecule has 0 saturated heterocycles. The molecule has 3 aromatic rings. The van der Waals surface area contributed by atoms with Gasteiger partial charge in [-0.2, -0.15) is 4.39 Å². The third-order valence-electron chi connectivity index (χ3n) is 6.16. The van der Waals surface area contributed by atoms with Gasteiger partial charge in [0.05, 0.1) is 25.6 Å². The number of aromatic nitrogens is 2. The Morgan fingerprint density at radius 2 is 1.85 bits per heavy atom. The normalized spacial score (nSPS) is 11.1. The number of ether oxygens (including phenoxy) is 2. The van der Waals surface area contributed by atoms with E-state index in [-0.39, 0.29) is 28.7 Å². The van der Waals surface area contributed by atoms with Crippen molar-refractivity contribution >= 4 is 17.5 Å². The van der Waals surface area contributed by atoms with Crippen LogP contribution in [-0.4, -0.2) is 73.8 Å².